The van der Waals surface area contributed by atoms with Crippen LogP contribution in [0.25, 0.3) is 0 Å². The highest BCUT2D eigenvalue weighted by Crippen LogP contribution is 2.13. The Morgan fingerprint density at radius 2 is 2.00 bits per heavy atom. The van der Waals surface area contributed by atoms with E-state index in [1.165, 1.54) is 16.8 Å². The number of aliphatic hydroxyl groups is 2. The van der Waals surface area contributed by atoms with Gasteiger partial charge in [0.2, 0.25) is 0 Å². The summed E-state index contributed by atoms with van der Waals surface area (Å²) in [6, 6.07) is 6.12. The van der Waals surface area contributed by atoms with Gasteiger partial charge in [0.05, 0.1) is 30.6 Å². The van der Waals surface area contributed by atoms with Crippen LogP contribution in [-0.2, 0) is 19.5 Å². The second kappa shape index (κ2) is 6.56. The molecule has 0 amide bonds. The third kappa shape index (κ3) is 3.38. The van der Waals surface area contributed by atoms with Gasteiger partial charge in [0, 0.05) is 13.0 Å². The molecular weight excluding hydrogens is 263 g/mol. The van der Waals surface area contributed by atoms with Crippen LogP contribution in [-0.4, -0.2) is 37.9 Å². The molecule has 1 aromatic carbocycles. The van der Waals surface area contributed by atoms with Gasteiger partial charge in [-0.15, -0.1) is 5.10 Å². The largest absolute Gasteiger partial charge is 0.394 e. The summed E-state index contributed by atoms with van der Waals surface area (Å²) in [4.78, 5) is 0. The van der Waals surface area contributed by atoms with E-state index >= 15 is 0 Å². The number of hydrogen-bond acceptors (Lipinski definition) is 5. The van der Waals surface area contributed by atoms with Gasteiger partial charge in [-0.2, -0.15) is 0 Å². The Hall–Kier alpha value is -1.83. The van der Waals surface area contributed by atoms with E-state index in [1.807, 2.05) is 0 Å². The first-order valence-electron chi connectivity index (χ1n) is 6.28. The summed E-state index contributed by atoms with van der Waals surface area (Å²) in [6.07, 6.45) is -0.424. The fourth-order valence-electron chi connectivity index (χ4n) is 1.92. The minimum absolute atomic E-state index is 0.139. The molecule has 1 atom stereocenters. The van der Waals surface area contributed by atoms with Crippen LogP contribution < -0.4 is 5.73 Å². The lowest BCUT2D eigenvalue weighted by molar-refractivity contribution is 0.0771. The van der Waals surface area contributed by atoms with Gasteiger partial charge in [0.15, 0.2) is 0 Å². The van der Waals surface area contributed by atoms with Crippen molar-refractivity contribution in [3.63, 3.8) is 0 Å². The predicted molar refractivity (Wildman–Crippen MR) is 70.2 cm³/mol. The van der Waals surface area contributed by atoms with Gasteiger partial charge < -0.3 is 15.9 Å². The molecular formula is C13H17FN4O2. The number of rotatable bonds is 6. The van der Waals surface area contributed by atoms with E-state index in [2.05, 4.69) is 10.3 Å². The Labute approximate surface area is 115 Å². The van der Waals surface area contributed by atoms with E-state index in [4.69, 9.17) is 10.8 Å². The number of aromatic nitrogens is 3. The van der Waals surface area contributed by atoms with E-state index in [1.54, 1.807) is 12.1 Å². The van der Waals surface area contributed by atoms with E-state index in [-0.39, 0.29) is 25.5 Å². The fraction of sp³-hybridized carbons (Fsp3) is 0.385. The zero-order valence-corrected chi connectivity index (χ0v) is 10.9. The maximum Gasteiger partial charge on any atom is 0.123 e. The number of halogens is 1. The number of nitrogens with zero attached hydrogens (tertiary/aromatic N) is 3. The van der Waals surface area contributed by atoms with Crippen LogP contribution in [0.5, 0.6) is 0 Å². The van der Waals surface area contributed by atoms with Crippen molar-refractivity contribution >= 4 is 0 Å². The highest BCUT2D eigenvalue weighted by Gasteiger charge is 2.15. The van der Waals surface area contributed by atoms with Crippen LogP contribution in [0.3, 0.4) is 0 Å². The van der Waals surface area contributed by atoms with Gasteiger partial charge in [-0.05, 0) is 17.7 Å². The zero-order valence-electron chi connectivity index (χ0n) is 10.9. The lowest BCUT2D eigenvalue weighted by Crippen LogP contribution is -2.22. The van der Waals surface area contributed by atoms with Crippen molar-refractivity contribution in [1.29, 1.82) is 0 Å². The highest BCUT2D eigenvalue weighted by molar-refractivity contribution is 5.24. The summed E-state index contributed by atoms with van der Waals surface area (Å²) in [5, 5.41) is 26.3. The first kappa shape index (κ1) is 14.6. The average molecular weight is 280 g/mol. The molecule has 0 saturated heterocycles. The quantitative estimate of drug-likeness (QED) is 0.682. The summed E-state index contributed by atoms with van der Waals surface area (Å²) >= 11 is 0. The Bertz CT molecular complexity index is 556. The van der Waals surface area contributed by atoms with Gasteiger partial charge in [0.1, 0.15) is 5.82 Å². The number of hydrogen-bond donors (Lipinski definition) is 3. The van der Waals surface area contributed by atoms with Crippen LogP contribution in [0.1, 0.15) is 17.0 Å². The Morgan fingerprint density at radius 3 is 2.60 bits per heavy atom. The zero-order chi connectivity index (χ0) is 14.5. The second-order valence-corrected chi connectivity index (χ2v) is 4.51. The molecule has 108 valence electrons. The number of nitrogens with two attached hydrogens (primary N) is 1. The SMILES string of the molecule is NCc1nnn(CC(O)CO)c1Cc1ccc(F)cc1. The molecule has 2 rings (SSSR count). The normalized spacial score (nSPS) is 12.6. The lowest BCUT2D eigenvalue weighted by atomic mass is 10.1. The summed E-state index contributed by atoms with van der Waals surface area (Å²) in [5.74, 6) is -0.296. The maximum atomic E-state index is 12.9. The summed E-state index contributed by atoms with van der Waals surface area (Å²) < 4.78 is 14.4. The number of benzene rings is 1. The molecule has 6 nitrogen and oxygen atoms in total. The first-order valence-corrected chi connectivity index (χ1v) is 6.28. The van der Waals surface area contributed by atoms with Gasteiger partial charge >= 0.3 is 0 Å². The monoisotopic (exact) mass is 280 g/mol. The van der Waals surface area contributed by atoms with Gasteiger partial charge in [-0.1, -0.05) is 17.3 Å². The lowest BCUT2D eigenvalue weighted by Gasteiger charge is -2.11. The maximum absolute atomic E-state index is 12.9. The smallest absolute Gasteiger partial charge is 0.123 e. The second-order valence-electron chi connectivity index (χ2n) is 4.51. The van der Waals surface area contributed by atoms with Crippen molar-refractivity contribution < 1.29 is 14.6 Å². The Balaban J connectivity index is 2.24. The Kier molecular flexibility index (Phi) is 4.78. The van der Waals surface area contributed by atoms with Crippen LogP contribution in [0.4, 0.5) is 4.39 Å². The van der Waals surface area contributed by atoms with Crippen molar-refractivity contribution in [2.75, 3.05) is 6.61 Å². The molecule has 0 aliphatic rings. The first-order chi connectivity index (χ1) is 9.63. The van der Waals surface area contributed by atoms with Gasteiger partial charge in [0.25, 0.3) is 0 Å². The molecule has 20 heavy (non-hydrogen) atoms. The molecule has 1 heterocycles. The van der Waals surface area contributed by atoms with Crippen LogP contribution in [0, 0.1) is 5.82 Å². The molecule has 4 N–H and O–H groups in total. The molecule has 2 aromatic rings. The van der Waals surface area contributed by atoms with Gasteiger partial charge in [-0.3, -0.25) is 0 Å². The molecule has 0 radical (unpaired) electrons. The fourth-order valence-corrected chi connectivity index (χ4v) is 1.92. The van der Waals surface area contributed by atoms with E-state index in [0.717, 1.165) is 11.3 Å². The third-order valence-corrected chi connectivity index (χ3v) is 2.99. The van der Waals surface area contributed by atoms with Crippen LogP contribution in [0.15, 0.2) is 24.3 Å². The van der Waals surface area contributed by atoms with Crippen molar-refractivity contribution in [3.05, 3.63) is 47.0 Å². The summed E-state index contributed by atoms with van der Waals surface area (Å²) in [7, 11) is 0. The van der Waals surface area contributed by atoms with Crippen molar-refractivity contribution in [3.8, 4) is 0 Å². The van der Waals surface area contributed by atoms with Crippen LogP contribution >= 0.6 is 0 Å². The minimum Gasteiger partial charge on any atom is -0.394 e. The molecule has 0 bridgehead atoms. The van der Waals surface area contributed by atoms with Crippen LogP contribution in [0.2, 0.25) is 0 Å². The Morgan fingerprint density at radius 1 is 1.30 bits per heavy atom. The molecule has 0 aliphatic heterocycles. The third-order valence-electron chi connectivity index (χ3n) is 2.99. The standard InChI is InChI=1S/C13H17FN4O2/c14-10-3-1-9(2-4-10)5-13-12(6-15)16-17-18(13)7-11(20)8-19/h1-4,11,19-20H,5-8,15H2. The summed E-state index contributed by atoms with van der Waals surface area (Å²) in [6.45, 7) is 0.0135. The van der Waals surface area contributed by atoms with Crippen molar-refractivity contribution in [2.45, 2.75) is 25.6 Å². The van der Waals surface area contributed by atoms with E-state index in [0.29, 0.717) is 12.1 Å². The molecule has 1 aromatic heterocycles. The highest BCUT2D eigenvalue weighted by atomic mass is 19.1. The summed E-state index contributed by atoms with van der Waals surface area (Å²) in [5.41, 5.74) is 7.89. The minimum atomic E-state index is -0.908. The van der Waals surface area contributed by atoms with E-state index < -0.39 is 6.10 Å². The molecule has 0 saturated carbocycles. The topological polar surface area (TPSA) is 97.2 Å². The predicted octanol–water partition coefficient (Wildman–Crippen LogP) is -0.180. The van der Waals surface area contributed by atoms with Gasteiger partial charge in [-0.25, -0.2) is 9.07 Å². The van der Waals surface area contributed by atoms with E-state index in [9.17, 15) is 9.50 Å². The molecule has 0 spiro atoms. The van der Waals surface area contributed by atoms with Crippen molar-refractivity contribution in [2.24, 2.45) is 5.73 Å². The molecule has 1 unspecified atom stereocenters. The average Bonchev–Trinajstić information content (AvgIpc) is 2.83. The molecule has 0 fully saturated rings. The molecule has 7 heteroatoms. The number of aliphatic hydroxyl groups excluding tert-OH is 2. The van der Waals surface area contributed by atoms with Crippen molar-refractivity contribution in [1.82, 2.24) is 15.0 Å². The molecule has 0 aliphatic carbocycles.